The molecule has 2 saturated carbocycles. The fraction of sp³-hybridized carbons (Fsp3) is 0.464. The number of fused-ring (bicyclic) bond motifs is 1. The average molecular weight is 512 g/mol. The summed E-state index contributed by atoms with van der Waals surface area (Å²) in [6.07, 6.45) is 9.10. The van der Waals surface area contributed by atoms with E-state index in [9.17, 15) is 30.2 Å². The lowest BCUT2D eigenvalue weighted by atomic mass is 9.46. The third-order valence-electron chi connectivity index (χ3n) is 8.57. The second kappa shape index (κ2) is 9.79. The van der Waals surface area contributed by atoms with Crippen molar-refractivity contribution in [2.45, 2.75) is 45.6 Å². The number of aliphatic hydroxyl groups is 2. The molecule has 5 atom stereocenters. The quantitative estimate of drug-likeness (QED) is 0.221. The first kappa shape index (κ1) is 26.6. The van der Waals surface area contributed by atoms with Crippen LogP contribution in [0.4, 0.5) is 5.69 Å². The molecule has 2 fully saturated rings. The zero-order valence-electron chi connectivity index (χ0n) is 21.3. The zero-order chi connectivity index (χ0) is 27.1. The highest BCUT2D eigenvalue weighted by Crippen LogP contribution is 2.61. The van der Waals surface area contributed by atoms with E-state index in [1.807, 2.05) is 13.0 Å². The Kier molecular flexibility index (Phi) is 7.05. The van der Waals surface area contributed by atoms with E-state index in [4.69, 9.17) is 9.47 Å². The molecule has 0 radical (unpaired) electrons. The lowest BCUT2D eigenvalue weighted by Gasteiger charge is -2.59. The first-order valence-corrected chi connectivity index (χ1v) is 12.3. The molecule has 9 nitrogen and oxygen atoms in total. The number of nitro groups is 1. The molecule has 4 rings (SSSR count). The van der Waals surface area contributed by atoms with Gasteiger partial charge in [0.15, 0.2) is 5.75 Å². The first-order chi connectivity index (χ1) is 17.4. The van der Waals surface area contributed by atoms with E-state index in [0.29, 0.717) is 17.6 Å². The van der Waals surface area contributed by atoms with Crippen LogP contribution in [-0.4, -0.2) is 46.0 Å². The smallest absolute Gasteiger partial charge is 0.343 e. The molecule has 3 aliphatic rings. The Labute approximate surface area is 215 Å². The summed E-state index contributed by atoms with van der Waals surface area (Å²) in [4.78, 5) is 23.1. The molecule has 0 amide bonds. The van der Waals surface area contributed by atoms with Crippen molar-refractivity contribution in [3.05, 3.63) is 69.5 Å². The number of ether oxygens (including phenoxy) is 2. The lowest BCUT2D eigenvalue weighted by Crippen LogP contribution is -2.57. The van der Waals surface area contributed by atoms with Gasteiger partial charge in [-0.1, -0.05) is 38.2 Å². The highest BCUT2D eigenvalue weighted by atomic mass is 16.6. The number of aromatic hydroxyl groups is 1. The maximum Gasteiger partial charge on any atom is 0.343 e. The summed E-state index contributed by atoms with van der Waals surface area (Å²) in [5, 5.41) is 42.1. The van der Waals surface area contributed by atoms with Gasteiger partial charge in [-0.3, -0.25) is 10.1 Å². The van der Waals surface area contributed by atoms with E-state index in [1.54, 1.807) is 12.2 Å². The van der Waals surface area contributed by atoms with Crippen LogP contribution in [0.5, 0.6) is 11.5 Å². The molecule has 2 aliphatic carbocycles. The Morgan fingerprint density at radius 2 is 2.05 bits per heavy atom. The predicted molar refractivity (Wildman–Crippen MR) is 136 cm³/mol. The SMILES string of the molecule is C=C1CCC2[C@](C)(CC[C@@H](O)[C@@]2(C)CO)C1/C=C/C1=CC(=C\c2cc(OC)c(O)c([N+](=O)[O-])c2)/OC1=O. The molecule has 1 heterocycles. The Morgan fingerprint density at radius 1 is 1.32 bits per heavy atom. The molecule has 0 saturated heterocycles. The van der Waals surface area contributed by atoms with E-state index < -0.39 is 33.8 Å². The standard InChI is InChI=1S/C28H33NO8/c1-16-5-8-23-27(2,10-9-24(31)28(23,3)15-30)20(16)7-6-18-14-19(37-26(18)33)11-17-12-21(29(34)35)25(32)22(13-17)36-4/h6-7,11-14,20,23-24,30-32H,1,5,8-10,15H2,2-4H3/b7-6+,19-11+/t20?,23?,24-,27-,28+/m1/s1. The van der Waals surface area contributed by atoms with Crippen LogP contribution in [0, 0.1) is 32.8 Å². The Morgan fingerprint density at radius 3 is 2.70 bits per heavy atom. The minimum Gasteiger partial charge on any atom is -0.500 e. The van der Waals surface area contributed by atoms with Crippen molar-refractivity contribution in [1.29, 1.82) is 0 Å². The van der Waals surface area contributed by atoms with Crippen LogP contribution in [-0.2, 0) is 9.53 Å². The van der Waals surface area contributed by atoms with Gasteiger partial charge in [0, 0.05) is 17.4 Å². The van der Waals surface area contributed by atoms with Gasteiger partial charge in [-0.15, -0.1) is 0 Å². The van der Waals surface area contributed by atoms with Gasteiger partial charge in [-0.25, -0.2) is 4.79 Å². The van der Waals surface area contributed by atoms with Crippen LogP contribution in [0.15, 0.2) is 53.8 Å². The van der Waals surface area contributed by atoms with Crippen molar-refractivity contribution >= 4 is 17.7 Å². The van der Waals surface area contributed by atoms with Crippen LogP contribution < -0.4 is 4.74 Å². The van der Waals surface area contributed by atoms with Gasteiger partial charge in [-0.2, -0.15) is 0 Å². The molecule has 9 heteroatoms. The minimum atomic E-state index is -0.721. The van der Waals surface area contributed by atoms with Gasteiger partial charge in [0.25, 0.3) is 0 Å². The van der Waals surface area contributed by atoms with Crippen molar-refractivity contribution in [3.8, 4) is 11.5 Å². The number of carbonyl (C=O) groups is 1. The number of aliphatic hydroxyl groups excluding tert-OH is 2. The molecule has 198 valence electrons. The molecule has 1 aliphatic heterocycles. The maximum absolute atomic E-state index is 12.6. The van der Waals surface area contributed by atoms with Gasteiger partial charge in [0.2, 0.25) is 5.75 Å². The number of hydrogen-bond donors (Lipinski definition) is 3. The number of rotatable bonds is 6. The lowest BCUT2D eigenvalue weighted by molar-refractivity contribution is -0.386. The molecule has 37 heavy (non-hydrogen) atoms. The number of phenolic OH excluding ortho intramolecular Hbond substituents is 1. The number of carbonyl (C=O) groups excluding carboxylic acids is 1. The number of hydrogen-bond acceptors (Lipinski definition) is 8. The number of phenols is 1. The Bertz CT molecular complexity index is 1230. The summed E-state index contributed by atoms with van der Waals surface area (Å²) in [6.45, 7) is 8.33. The monoisotopic (exact) mass is 511 g/mol. The van der Waals surface area contributed by atoms with E-state index in [2.05, 4.69) is 13.5 Å². The third-order valence-corrected chi connectivity index (χ3v) is 8.57. The molecule has 0 aromatic heterocycles. The van der Waals surface area contributed by atoms with E-state index >= 15 is 0 Å². The largest absolute Gasteiger partial charge is 0.500 e. The number of methoxy groups -OCH3 is 1. The van der Waals surface area contributed by atoms with E-state index in [0.717, 1.165) is 24.8 Å². The molecule has 1 aromatic carbocycles. The number of esters is 1. The van der Waals surface area contributed by atoms with Crippen molar-refractivity contribution < 1.29 is 34.5 Å². The molecular weight excluding hydrogens is 478 g/mol. The van der Waals surface area contributed by atoms with Crippen LogP contribution >= 0.6 is 0 Å². The molecule has 3 N–H and O–H groups in total. The van der Waals surface area contributed by atoms with Gasteiger partial charge in [0.1, 0.15) is 5.76 Å². The van der Waals surface area contributed by atoms with Crippen molar-refractivity contribution in [3.63, 3.8) is 0 Å². The molecular formula is C28H33NO8. The van der Waals surface area contributed by atoms with Crippen molar-refractivity contribution in [2.24, 2.45) is 22.7 Å². The summed E-state index contributed by atoms with van der Waals surface area (Å²) in [5.41, 5.74) is 0.348. The zero-order valence-corrected chi connectivity index (χ0v) is 21.3. The molecule has 0 bridgehead atoms. The topological polar surface area (TPSA) is 139 Å². The first-order valence-electron chi connectivity index (χ1n) is 12.3. The summed E-state index contributed by atoms with van der Waals surface area (Å²) >= 11 is 0. The van der Waals surface area contributed by atoms with Gasteiger partial charge in [-0.05, 0) is 60.8 Å². The Balaban J connectivity index is 1.63. The number of allylic oxidation sites excluding steroid dienone is 3. The highest BCUT2D eigenvalue weighted by molar-refractivity contribution is 5.96. The number of cyclic esters (lactones) is 1. The second-order valence-electron chi connectivity index (χ2n) is 10.7. The van der Waals surface area contributed by atoms with Crippen LogP contribution in [0.25, 0.3) is 6.08 Å². The Hall–Kier alpha value is -3.43. The van der Waals surface area contributed by atoms with Gasteiger partial charge < -0.3 is 24.8 Å². The highest BCUT2D eigenvalue weighted by Gasteiger charge is 2.57. The predicted octanol–water partition coefficient (Wildman–Crippen LogP) is 4.43. The molecule has 2 unspecified atom stereocenters. The number of benzene rings is 1. The molecule has 0 spiro atoms. The summed E-state index contributed by atoms with van der Waals surface area (Å²) in [6, 6.07) is 2.58. The van der Waals surface area contributed by atoms with Crippen LogP contribution in [0.3, 0.4) is 0 Å². The van der Waals surface area contributed by atoms with Crippen molar-refractivity contribution in [1.82, 2.24) is 0 Å². The van der Waals surface area contributed by atoms with E-state index in [-0.39, 0.29) is 35.4 Å². The second-order valence-corrected chi connectivity index (χ2v) is 10.7. The number of nitro benzene ring substituents is 1. The van der Waals surface area contributed by atoms with Crippen LogP contribution in [0.2, 0.25) is 0 Å². The normalized spacial score (nSPS) is 32.8. The van der Waals surface area contributed by atoms with Gasteiger partial charge >= 0.3 is 11.7 Å². The molecule has 1 aromatic rings. The van der Waals surface area contributed by atoms with Crippen molar-refractivity contribution in [2.75, 3.05) is 13.7 Å². The van der Waals surface area contributed by atoms with E-state index in [1.165, 1.54) is 25.3 Å². The minimum absolute atomic E-state index is 0.0460. The summed E-state index contributed by atoms with van der Waals surface area (Å²) in [7, 11) is 1.29. The fourth-order valence-electron chi connectivity index (χ4n) is 6.44. The maximum atomic E-state index is 12.6. The third kappa shape index (κ3) is 4.57. The fourth-order valence-corrected chi connectivity index (χ4v) is 6.44. The van der Waals surface area contributed by atoms with Gasteiger partial charge in [0.05, 0.1) is 30.3 Å². The average Bonchev–Trinajstić information content (AvgIpc) is 3.20. The van der Waals surface area contributed by atoms with Crippen LogP contribution in [0.1, 0.15) is 45.1 Å². The number of nitrogens with zero attached hydrogens (tertiary/aromatic N) is 1. The summed E-state index contributed by atoms with van der Waals surface area (Å²) in [5.74, 6) is -0.952. The summed E-state index contributed by atoms with van der Waals surface area (Å²) < 4.78 is 10.4.